The van der Waals surface area contributed by atoms with Crippen molar-refractivity contribution in [1.82, 2.24) is 0 Å². The Morgan fingerprint density at radius 2 is 1.87 bits per heavy atom. The summed E-state index contributed by atoms with van der Waals surface area (Å²) in [5.41, 5.74) is 0.926. The van der Waals surface area contributed by atoms with Crippen LogP contribution in [0.4, 0.5) is 0 Å². The molecule has 1 rings (SSSR count). The molecule has 15 heavy (non-hydrogen) atoms. The Kier molecular flexibility index (Phi) is 4.15. The average molecular weight is 208 g/mol. The lowest BCUT2D eigenvalue weighted by molar-refractivity contribution is 0.0919. The molecule has 0 spiro atoms. The van der Waals surface area contributed by atoms with Crippen LogP contribution in [0.25, 0.3) is 0 Å². The van der Waals surface area contributed by atoms with Crippen LogP contribution in [0.15, 0.2) is 24.3 Å². The largest absolute Gasteiger partial charge is 0.497 e. The Morgan fingerprint density at radius 3 is 2.40 bits per heavy atom. The standard InChI is InChI=1S/C13H20O2/c1-9(2)10(3)13(14)11-6-5-7-12(8-11)15-4/h5-10,13-14H,1-4H3. The van der Waals surface area contributed by atoms with E-state index in [1.165, 1.54) is 0 Å². The zero-order valence-electron chi connectivity index (χ0n) is 9.90. The van der Waals surface area contributed by atoms with Crippen LogP contribution in [0.5, 0.6) is 5.75 Å². The van der Waals surface area contributed by atoms with Crippen molar-refractivity contribution in [1.29, 1.82) is 0 Å². The Balaban J connectivity index is 2.85. The van der Waals surface area contributed by atoms with Gasteiger partial charge in [-0.1, -0.05) is 32.9 Å². The molecule has 2 heteroatoms. The molecule has 2 atom stereocenters. The lowest BCUT2D eigenvalue weighted by Crippen LogP contribution is -2.14. The summed E-state index contributed by atoms with van der Waals surface area (Å²) in [6, 6.07) is 7.62. The van der Waals surface area contributed by atoms with Gasteiger partial charge in [-0.2, -0.15) is 0 Å². The summed E-state index contributed by atoms with van der Waals surface area (Å²) in [7, 11) is 1.64. The molecule has 0 saturated heterocycles. The van der Waals surface area contributed by atoms with Gasteiger partial charge in [-0.05, 0) is 29.5 Å². The Morgan fingerprint density at radius 1 is 1.20 bits per heavy atom. The number of ether oxygens (including phenoxy) is 1. The number of aliphatic hydroxyl groups is 1. The molecule has 2 unspecified atom stereocenters. The molecule has 0 bridgehead atoms. The maximum absolute atomic E-state index is 10.1. The van der Waals surface area contributed by atoms with Crippen LogP contribution in [0, 0.1) is 11.8 Å². The van der Waals surface area contributed by atoms with Crippen molar-refractivity contribution in [3.8, 4) is 5.75 Å². The fourth-order valence-electron chi connectivity index (χ4n) is 1.49. The number of aliphatic hydroxyl groups excluding tert-OH is 1. The smallest absolute Gasteiger partial charge is 0.119 e. The van der Waals surface area contributed by atoms with Crippen molar-refractivity contribution in [3.63, 3.8) is 0 Å². The maximum atomic E-state index is 10.1. The highest BCUT2D eigenvalue weighted by Crippen LogP contribution is 2.29. The second kappa shape index (κ2) is 5.17. The van der Waals surface area contributed by atoms with E-state index in [1.807, 2.05) is 24.3 Å². The Hall–Kier alpha value is -1.02. The van der Waals surface area contributed by atoms with E-state index in [1.54, 1.807) is 7.11 Å². The van der Waals surface area contributed by atoms with E-state index in [2.05, 4.69) is 20.8 Å². The van der Waals surface area contributed by atoms with E-state index in [9.17, 15) is 5.11 Å². The monoisotopic (exact) mass is 208 g/mol. The molecule has 1 aromatic carbocycles. The van der Waals surface area contributed by atoms with E-state index >= 15 is 0 Å². The number of hydrogen-bond acceptors (Lipinski definition) is 2. The zero-order chi connectivity index (χ0) is 11.4. The summed E-state index contributed by atoms with van der Waals surface area (Å²) in [6.45, 7) is 6.30. The second-order valence-electron chi connectivity index (χ2n) is 4.32. The first-order valence-corrected chi connectivity index (χ1v) is 5.38. The predicted octanol–water partition coefficient (Wildman–Crippen LogP) is 3.02. The Labute approximate surface area is 91.9 Å². The summed E-state index contributed by atoms with van der Waals surface area (Å²) in [4.78, 5) is 0. The topological polar surface area (TPSA) is 29.5 Å². The highest BCUT2D eigenvalue weighted by molar-refractivity contribution is 5.30. The van der Waals surface area contributed by atoms with Crippen LogP contribution in [-0.4, -0.2) is 12.2 Å². The van der Waals surface area contributed by atoms with Crippen LogP contribution in [-0.2, 0) is 0 Å². The summed E-state index contributed by atoms with van der Waals surface area (Å²) in [5, 5.41) is 10.1. The lowest BCUT2D eigenvalue weighted by atomic mass is 9.88. The number of methoxy groups -OCH3 is 1. The molecule has 1 aromatic rings. The fraction of sp³-hybridized carbons (Fsp3) is 0.538. The van der Waals surface area contributed by atoms with Gasteiger partial charge < -0.3 is 9.84 Å². The summed E-state index contributed by atoms with van der Waals surface area (Å²) >= 11 is 0. The van der Waals surface area contributed by atoms with E-state index in [0.717, 1.165) is 11.3 Å². The minimum atomic E-state index is -0.417. The van der Waals surface area contributed by atoms with Crippen LogP contribution in [0.3, 0.4) is 0 Å². The minimum Gasteiger partial charge on any atom is -0.497 e. The van der Waals surface area contributed by atoms with Crippen molar-refractivity contribution >= 4 is 0 Å². The SMILES string of the molecule is COc1cccc(C(O)C(C)C(C)C)c1. The highest BCUT2D eigenvalue weighted by Gasteiger charge is 2.19. The molecule has 0 amide bonds. The third kappa shape index (κ3) is 2.96. The number of rotatable bonds is 4. The highest BCUT2D eigenvalue weighted by atomic mass is 16.5. The summed E-state index contributed by atoms with van der Waals surface area (Å²) in [6.07, 6.45) is -0.417. The Bertz CT molecular complexity index is 307. The lowest BCUT2D eigenvalue weighted by Gasteiger charge is -2.22. The maximum Gasteiger partial charge on any atom is 0.119 e. The van der Waals surface area contributed by atoms with Gasteiger partial charge in [0.15, 0.2) is 0 Å². The molecule has 0 aliphatic carbocycles. The first-order chi connectivity index (χ1) is 7.06. The van der Waals surface area contributed by atoms with Crippen molar-refractivity contribution in [2.24, 2.45) is 11.8 Å². The van der Waals surface area contributed by atoms with Crippen LogP contribution < -0.4 is 4.74 Å². The molecule has 0 fully saturated rings. The van der Waals surface area contributed by atoms with Crippen LogP contribution >= 0.6 is 0 Å². The predicted molar refractivity (Wildman–Crippen MR) is 62.0 cm³/mol. The zero-order valence-corrected chi connectivity index (χ0v) is 9.90. The van der Waals surface area contributed by atoms with Gasteiger partial charge in [0, 0.05) is 0 Å². The van der Waals surface area contributed by atoms with Crippen molar-refractivity contribution in [2.45, 2.75) is 26.9 Å². The third-order valence-corrected chi connectivity index (χ3v) is 2.98. The molecule has 1 N–H and O–H groups in total. The average Bonchev–Trinajstić information content (AvgIpc) is 2.27. The van der Waals surface area contributed by atoms with Crippen molar-refractivity contribution < 1.29 is 9.84 Å². The van der Waals surface area contributed by atoms with Gasteiger partial charge in [0.25, 0.3) is 0 Å². The fourth-order valence-corrected chi connectivity index (χ4v) is 1.49. The number of benzene rings is 1. The number of hydrogen-bond donors (Lipinski definition) is 1. The van der Waals surface area contributed by atoms with Crippen LogP contribution in [0.1, 0.15) is 32.4 Å². The van der Waals surface area contributed by atoms with Gasteiger partial charge in [0.2, 0.25) is 0 Å². The van der Waals surface area contributed by atoms with E-state index in [-0.39, 0.29) is 5.92 Å². The molecule has 0 saturated carbocycles. The first-order valence-electron chi connectivity index (χ1n) is 5.38. The molecule has 84 valence electrons. The van der Waals surface area contributed by atoms with Crippen molar-refractivity contribution in [2.75, 3.05) is 7.11 Å². The van der Waals surface area contributed by atoms with E-state index < -0.39 is 6.10 Å². The molecular formula is C13H20O2. The molecule has 2 nitrogen and oxygen atoms in total. The van der Waals surface area contributed by atoms with Gasteiger partial charge >= 0.3 is 0 Å². The normalized spacial score (nSPS) is 15.1. The van der Waals surface area contributed by atoms with Gasteiger partial charge in [-0.3, -0.25) is 0 Å². The quantitative estimate of drug-likeness (QED) is 0.824. The first kappa shape index (κ1) is 12.1. The summed E-state index contributed by atoms with van der Waals surface area (Å²) in [5.74, 6) is 1.51. The van der Waals surface area contributed by atoms with E-state index in [0.29, 0.717) is 5.92 Å². The van der Waals surface area contributed by atoms with Crippen LogP contribution in [0.2, 0.25) is 0 Å². The molecule has 0 aromatic heterocycles. The molecule has 0 aliphatic rings. The van der Waals surface area contributed by atoms with E-state index in [4.69, 9.17) is 4.74 Å². The molecule has 0 radical (unpaired) electrons. The van der Waals surface area contributed by atoms with Gasteiger partial charge in [-0.25, -0.2) is 0 Å². The molecular weight excluding hydrogens is 188 g/mol. The second-order valence-corrected chi connectivity index (χ2v) is 4.32. The van der Waals surface area contributed by atoms with Crippen molar-refractivity contribution in [3.05, 3.63) is 29.8 Å². The molecule has 0 aliphatic heterocycles. The summed E-state index contributed by atoms with van der Waals surface area (Å²) < 4.78 is 5.13. The van der Waals surface area contributed by atoms with Gasteiger partial charge in [0.1, 0.15) is 5.75 Å². The van der Waals surface area contributed by atoms with Gasteiger partial charge in [-0.15, -0.1) is 0 Å². The van der Waals surface area contributed by atoms with Gasteiger partial charge in [0.05, 0.1) is 13.2 Å². The third-order valence-electron chi connectivity index (χ3n) is 2.98. The molecule has 0 heterocycles. The minimum absolute atomic E-state index is 0.247.